The van der Waals surface area contributed by atoms with Crippen LogP contribution in [0.1, 0.15) is 20.3 Å². The molecule has 0 fully saturated rings. The largest absolute Gasteiger partial charge is 0.465 e. The molecule has 1 N–H and O–H groups in total. The fourth-order valence-electron chi connectivity index (χ4n) is 0.937. The summed E-state index contributed by atoms with van der Waals surface area (Å²) in [6.45, 7) is 3.87. The summed E-state index contributed by atoms with van der Waals surface area (Å²) in [4.78, 5) is 11.4. The second-order valence-electron chi connectivity index (χ2n) is 3.25. The molecule has 0 rings (SSSR count). The molecule has 0 aromatic rings. The number of hydrogen-bond acceptors (Lipinski definition) is 5. The Labute approximate surface area is 89.6 Å². The fourth-order valence-corrected chi connectivity index (χ4v) is 0.937. The van der Waals surface area contributed by atoms with Crippen molar-refractivity contribution in [3.05, 3.63) is 0 Å². The van der Waals surface area contributed by atoms with Crippen molar-refractivity contribution in [2.24, 2.45) is 5.41 Å². The monoisotopic (exact) mass is 215 g/mol. The van der Waals surface area contributed by atoms with Gasteiger partial charge < -0.3 is 14.6 Å². The smallest absolute Gasteiger partial charge is 0.326 e. The Kier molecular flexibility index (Phi) is 6.67. The van der Waals surface area contributed by atoms with Gasteiger partial charge in [-0.2, -0.15) is 5.26 Å². The molecule has 0 aliphatic heterocycles. The number of hydrogen-bond donors (Lipinski definition) is 1. The van der Waals surface area contributed by atoms with Crippen molar-refractivity contribution in [1.82, 2.24) is 0 Å². The molecule has 0 radical (unpaired) electrons. The Morgan fingerprint density at radius 2 is 2.20 bits per heavy atom. The van der Waals surface area contributed by atoms with Gasteiger partial charge in [-0.25, -0.2) is 0 Å². The van der Waals surface area contributed by atoms with Crippen LogP contribution in [0.3, 0.4) is 0 Å². The van der Waals surface area contributed by atoms with E-state index in [2.05, 4.69) is 0 Å². The van der Waals surface area contributed by atoms with Crippen LogP contribution in [0, 0.1) is 16.7 Å². The number of rotatable bonds is 7. The zero-order chi connectivity index (χ0) is 11.7. The molecule has 5 heteroatoms. The van der Waals surface area contributed by atoms with Crippen molar-refractivity contribution in [2.75, 3.05) is 26.4 Å². The van der Waals surface area contributed by atoms with Gasteiger partial charge in [-0.05, 0) is 20.3 Å². The Balaban J connectivity index is 4.08. The second-order valence-corrected chi connectivity index (χ2v) is 3.25. The number of aliphatic hydroxyl groups is 1. The van der Waals surface area contributed by atoms with Crippen LogP contribution in [-0.2, 0) is 14.3 Å². The van der Waals surface area contributed by atoms with Gasteiger partial charge in [0.1, 0.15) is 0 Å². The van der Waals surface area contributed by atoms with E-state index in [-0.39, 0.29) is 32.8 Å². The van der Waals surface area contributed by atoms with Crippen molar-refractivity contribution in [3.63, 3.8) is 0 Å². The summed E-state index contributed by atoms with van der Waals surface area (Å²) in [5.41, 5.74) is -1.16. The average Bonchev–Trinajstić information content (AvgIpc) is 2.24. The maximum absolute atomic E-state index is 11.4. The zero-order valence-corrected chi connectivity index (χ0v) is 9.15. The van der Waals surface area contributed by atoms with E-state index in [1.807, 2.05) is 6.07 Å². The van der Waals surface area contributed by atoms with Crippen molar-refractivity contribution in [3.8, 4) is 6.07 Å². The van der Waals surface area contributed by atoms with E-state index in [1.54, 1.807) is 6.92 Å². The molecule has 0 aromatic carbocycles. The average molecular weight is 215 g/mol. The van der Waals surface area contributed by atoms with Crippen LogP contribution in [-0.4, -0.2) is 37.5 Å². The predicted molar refractivity (Wildman–Crippen MR) is 52.9 cm³/mol. The van der Waals surface area contributed by atoms with Crippen LogP contribution in [0.2, 0.25) is 0 Å². The molecule has 1 unspecified atom stereocenters. The predicted octanol–water partition coefficient (Wildman–Crippen LogP) is 0.478. The number of esters is 1. The molecule has 0 aromatic heterocycles. The summed E-state index contributed by atoms with van der Waals surface area (Å²) in [5.74, 6) is -0.528. The van der Waals surface area contributed by atoms with Gasteiger partial charge in [0.25, 0.3) is 0 Å². The number of ether oxygens (including phenoxy) is 2. The van der Waals surface area contributed by atoms with Gasteiger partial charge in [0.05, 0.1) is 25.9 Å². The van der Waals surface area contributed by atoms with E-state index in [0.717, 1.165) is 0 Å². The highest BCUT2D eigenvalue weighted by molar-refractivity contribution is 5.79. The minimum Gasteiger partial charge on any atom is -0.465 e. The molecule has 0 aliphatic rings. The van der Waals surface area contributed by atoms with Crippen LogP contribution in [0.4, 0.5) is 0 Å². The standard InChI is InChI=1S/C10H17NO4/c1-3-15-9(13)10(2,8-11)4-6-14-7-5-12/h12H,3-7H2,1-2H3. The molecular formula is C10H17NO4. The quantitative estimate of drug-likeness (QED) is 0.493. The maximum atomic E-state index is 11.4. The van der Waals surface area contributed by atoms with Crippen LogP contribution < -0.4 is 0 Å². The Morgan fingerprint density at radius 3 is 2.67 bits per heavy atom. The molecular weight excluding hydrogens is 198 g/mol. The first-order valence-corrected chi connectivity index (χ1v) is 4.87. The lowest BCUT2D eigenvalue weighted by molar-refractivity contribution is -0.152. The van der Waals surface area contributed by atoms with Crippen molar-refractivity contribution >= 4 is 5.97 Å². The Morgan fingerprint density at radius 1 is 1.53 bits per heavy atom. The van der Waals surface area contributed by atoms with Crippen LogP contribution >= 0.6 is 0 Å². The van der Waals surface area contributed by atoms with E-state index >= 15 is 0 Å². The zero-order valence-electron chi connectivity index (χ0n) is 9.15. The molecule has 0 aliphatic carbocycles. The minimum absolute atomic E-state index is 0.0668. The molecule has 0 saturated carbocycles. The third kappa shape index (κ3) is 4.77. The molecule has 0 bridgehead atoms. The Bertz CT molecular complexity index is 236. The first-order valence-electron chi connectivity index (χ1n) is 4.87. The van der Waals surface area contributed by atoms with Crippen LogP contribution in [0.5, 0.6) is 0 Å². The van der Waals surface area contributed by atoms with Crippen LogP contribution in [0.15, 0.2) is 0 Å². The summed E-state index contributed by atoms with van der Waals surface area (Å²) in [6, 6.07) is 1.92. The summed E-state index contributed by atoms with van der Waals surface area (Å²) >= 11 is 0. The van der Waals surface area contributed by atoms with E-state index in [1.165, 1.54) is 6.92 Å². The molecule has 0 heterocycles. The highest BCUT2D eigenvalue weighted by Crippen LogP contribution is 2.22. The number of nitrogens with zero attached hydrogens (tertiary/aromatic N) is 1. The van der Waals surface area contributed by atoms with Gasteiger partial charge in [-0.3, -0.25) is 4.79 Å². The van der Waals surface area contributed by atoms with E-state index < -0.39 is 11.4 Å². The van der Waals surface area contributed by atoms with Crippen molar-refractivity contribution < 1.29 is 19.4 Å². The van der Waals surface area contributed by atoms with Gasteiger partial charge in [0, 0.05) is 6.61 Å². The SMILES string of the molecule is CCOC(=O)C(C)(C#N)CCOCCO. The number of carbonyl (C=O) groups excluding carboxylic acids is 1. The highest BCUT2D eigenvalue weighted by Gasteiger charge is 2.34. The van der Waals surface area contributed by atoms with Gasteiger partial charge >= 0.3 is 5.97 Å². The molecule has 5 nitrogen and oxygen atoms in total. The molecule has 86 valence electrons. The number of aliphatic hydroxyl groups excluding tert-OH is 1. The summed E-state index contributed by atoms with van der Waals surface area (Å²) in [5, 5.41) is 17.3. The van der Waals surface area contributed by atoms with Gasteiger partial charge in [-0.15, -0.1) is 0 Å². The third-order valence-corrected chi connectivity index (χ3v) is 1.95. The minimum atomic E-state index is -1.16. The summed E-state index contributed by atoms with van der Waals surface area (Å²) in [7, 11) is 0. The van der Waals surface area contributed by atoms with Crippen molar-refractivity contribution in [1.29, 1.82) is 5.26 Å². The lowest BCUT2D eigenvalue weighted by atomic mass is 9.89. The lowest BCUT2D eigenvalue weighted by Crippen LogP contribution is -2.30. The first-order chi connectivity index (χ1) is 7.10. The fraction of sp³-hybridized carbons (Fsp3) is 0.800. The normalized spacial score (nSPS) is 14.0. The summed E-state index contributed by atoms with van der Waals surface area (Å²) in [6.07, 6.45) is 0.266. The van der Waals surface area contributed by atoms with E-state index in [4.69, 9.17) is 19.8 Å². The molecule has 0 spiro atoms. The Hall–Kier alpha value is -1.12. The first kappa shape index (κ1) is 13.9. The van der Waals surface area contributed by atoms with Crippen molar-refractivity contribution in [2.45, 2.75) is 20.3 Å². The van der Waals surface area contributed by atoms with Gasteiger partial charge in [0.15, 0.2) is 5.41 Å². The second kappa shape index (κ2) is 7.21. The summed E-state index contributed by atoms with van der Waals surface area (Å²) < 4.78 is 9.79. The van der Waals surface area contributed by atoms with Gasteiger partial charge in [0.2, 0.25) is 0 Å². The van der Waals surface area contributed by atoms with E-state index in [9.17, 15) is 4.79 Å². The molecule has 15 heavy (non-hydrogen) atoms. The lowest BCUT2D eigenvalue weighted by Gasteiger charge is -2.18. The highest BCUT2D eigenvalue weighted by atomic mass is 16.5. The van der Waals surface area contributed by atoms with E-state index in [0.29, 0.717) is 0 Å². The number of nitriles is 1. The maximum Gasteiger partial charge on any atom is 0.326 e. The molecule has 0 amide bonds. The van der Waals surface area contributed by atoms with Gasteiger partial charge in [-0.1, -0.05) is 0 Å². The van der Waals surface area contributed by atoms with Crippen LogP contribution in [0.25, 0.3) is 0 Å². The molecule has 1 atom stereocenters. The number of carbonyl (C=O) groups is 1. The third-order valence-electron chi connectivity index (χ3n) is 1.95. The topological polar surface area (TPSA) is 79.6 Å². The molecule has 0 saturated heterocycles.